The van der Waals surface area contributed by atoms with E-state index in [4.69, 9.17) is 14.2 Å². The lowest BCUT2D eigenvalue weighted by Gasteiger charge is -2.34. The number of hydrogen-bond acceptors (Lipinski definition) is 5. The SMILES string of the molecule is COC(=O)C(CN1CCOCC1)C1CCOCC1. The van der Waals surface area contributed by atoms with Gasteiger partial charge in [0.15, 0.2) is 0 Å². The third-order valence-corrected chi connectivity index (χ3v) is 3.90. The van der Waals surface area contributed by atoms with Crippen LogP contribution in [0.4, 0.5) is 0 Å². The third kappa shape index (κ3) is 3.67. The maximum absolute atomic E-state index is 12.0. The fraction of sp³-hybridized carbons (Fsp3) is 0.923. The van der Waals surface area contributed by atoms with E-state index in [9.17, 15) is 4.79 Å². The molecule has 1 atom stereocenters. The second-order valence-corrected chi connectivity index (χ2v) is 4.99. The van der Waals surface area contributed by atoms with Crippen LogP contribution in [0.5, 0.6) is 0 Å². The van der Waals surface area contributed by atoms with E-state index in [1.54, 1.807) is 0 Å². The number of nitrogens with zero attached hydrogens (tertiary/aromatic N) is 1. The lowest BCUT2D eigenvalue weighted by Crippen LogP contribution is -2.44. The van der Waals surface area contributed by atoms with Gasteiger partial charge in [-0.1, -0.05) is 0 Å². The fourth-order valence-corrected chi connectivity index (χ4v) is 2.75. The molecule has 0 aromatic rings. The molecule has 0 aromatic heterocycles. The van der Waals surface area contributed by atoms with Crippen LogP contribution in [0.3, 0.4) is 0 Å². The van der Waals surface area contributed by atoms with E-state index < -0.39 is 0 Å². The van der Waals surface area contributed by atoms with Crippen LogP contribution in [-0.2, 0) is 19.0 Å². The van der Waals surface area contributed by atoms with Crippen molar-refractivity contribution in [2.24, 2.45) is 11.8 Å². The predicted molar refractivity (Wildman–Crippen MR) is 66.3 cm³/mol. The Morgan fingerprint density at radius 3 is 2.44 bits per heavy atom. The van der Waals surface area contributed by atoms with Crippen molar-refractivity contribution in [1.82, 2.24) is 4.90 Å². The summed E-state index contributed by atoms with van der Waals surface area (Å²) in [4.78, 5) is 14.3. The Morgan fingerprint density at radius 1 is 1.22 bits per heavy atom. The Labute approximate surface area is 108 Å². The zero-order chi connectivity index (χ0) is 12.8. The molecule has 2 aliphatic heterocycles. The smallest absolute Gasteiger partial charge is 0.310 e. The van der Waals surface area contributed by atoms with Crippen LogP contribution in [-0.4, -0.2) is 64.0 Å². The Morgan fingerprint density at radius 2 is 1.83 bits per heavy atom. The van der Waals surface area contributed by atoms with Gasteiger partial charge in [-0.05, 0) is 18.8 Å². The molecule has 2 rings (SSSR count). The van der Waals surface area contributed by atoms with E-state index in [0.29, 0.717) is 5.92 Å². The molecule has 104 valence electrons. The molecule has 0 aliphatic carbocycles. The van der Waals surface area contributed by atoms with Gasteiger partial charge in [-0.3, -0.25) is 9.69 Å². The highest BCUT2D eigenvalue weighted by atomic mass is 16.5. The van der Waals surface area contributed by atoms with Crippen LogP contribution in [0.25, 0.3) is 0 Å². The molecule has 0 amide bonds. The zero-order valence-corrected chi connectivity index (χ0v) is 11.1. The minimum atomic E-state index is -0.0756. The van der Waals surface area contributed by atoms with E-state index in [-0.39, 0.29) is 11.9 Å². The highest BCUT2D eigenvalue weighted by Crippen LogP contribution is 2.26. The molecular weight excluding hydrogens is 234 g/mol. The summed E-state index contributed by atoms with van der Waals surface area (Å²) in [6.07, 6.45) is 1.92. The molecule has 0 N–H and O–H groups in total. The summed E-state index contributed by atoms with van der Waals surface area (Å²) in [5.41, 5.74) is 0. The quantitative estimate of drug-likeness (QED) is 0.688. The number of ether oxygens (including phenoxy) is 3. The predicted octanol–water partition coefficient (Wildman–Crippen LogP) is 0.534. The zero-order valence-electron chi connectivity index (χ0n) is 11.1. The summed E-state index contributed by atoms with van der Waals surface area (Å²) in [6, 6.07) is 0. The number of carbonyl (C=O) groups excluding carboxylic acids is 1. The van der Waals surface area contributed by atoms with E-state index in [1.807, 2.05) is 0 Å². The van der Waals surface area contributed by atoms with Crippen LogP contribution >= 0.6 is 0 Å². The second-order valence-electron chi connectivity index (χ2n) is 4.99. The summed E-state index contributed by atoms with van der Waals surface area (Å²) in [7, 11) is 1.48. The van der Waals surface area contributed by atoms with Crippen LogP contribution < -0.4 is 0 Å². The van der Waals surface area contributed by atoms with Gasteiger partial charge in [-0.25, -0.2) is 0 Å². The number of hydrogen-bond donors (Lipinski definition) is 0. The Hall–Kier alpha value is -0.650. The summed E-state index contributed by atoms with van der Waals surface area (Å²) in [5, 5.41) is 0. The van der Waals surface area contributed by atoms with Crippen molar-refractivity contribution in [1.29, 1.82) is 0 Å². The molecule has 2 aliphatic rings. The second kappa shape index (κ2) is 7.07. The lowest BCUT2D eigenvalue weighted by molar-refractivity contribution is -0.150. The molecular formula is C13H23NO4. The van der Waals surface area contributed by atoms with E-state index in [1.165, 1.54) is 7.11 Å². The topological polar surface area (TPSA) is 48.0 Å². The third-order valence-electron chi connectivity index (χ3n) is 3.90. The van der Waals surface area contributed by atoms with Crippen molar-refractivity contribution < 1.29 is 19.0 Å². The largest absolute Gasteiger partial charge is 0.469 e. The van der Waals surface area contributed by atoms with Gasteiger partial charge in [0, 0.05) is 32.8 Å². The Kier molecular flexibility index (Phi) is 5.41. The van der Waals surface area contributed by atoms with Gasteiger partial charge in [0.1, 0.15) is 0 Å². The molecule has 2 heterocycles. The lowest BCUT2D eigenvalue weighted by atomic mass is 9.85. The van der Waals surface area contributed by atoms with E-state index >= 15 is 0 Å². The average Bonchev–Trinajstić information content (AvgIpc) is 2.46. The highest BCUT2D eigenvalue weighted by molar-refractivity contribution is 5.72. The average molecular weight is 257 g/mol. The molecule has 5 heteroatoms. The van der Waals surface area contributed by atoms with Gasteiger partial charge in [0.25, 0.3) is 0 Å². The first kappa shape index (κ1) is 13.8. The van der Waals surface area contributed by atoms with Crippen molar-refractivity contribution >= 4 is 5.97 Å². The first-order valence-corrected chi connectivity index (χ1v) is 6.77. The molecule has 1 unspecified atom stereocenters. The molecule has 0 bridgehead atoms. The van der Waals surface area contributed by atoms with Crippen LogP contribution in [0.15, 0.2) is 0 Å². The molecule has 2 saturated heterocycles. The minimum absolute atomic E-state index is 0.0167. The van der Waals surface area contributed by atoms with Gasteiger partial charge in [-0.15, -0.1) is 0 Å². The monoisotopic (exact) mass is 257 g/mol. The van der Waals surface area contributed by atoms with Gasteiger partial charge in [-0.2, -0.15) is 0 Å². The van der Waals surface area contributed by atoms with Crippen molar-refractivity contribution in [2.75, 3.05) is 53.2 Å². The first-order valence-electron chi connectivity index (χ1n) is 6.77. The number of methoxy groups -OCH3 is 1. The number of rotatable bonds is 4. The summed E-state index contributed by atoms with van der Waals surface area (Å²) in [5.74, 6) is 0.305. The van der Waals surface area contributed by atoms with Crippen molar-refractivity contribution in [3.05, 3.63) is 0 Å². The number of esters is 1. The standard InChI is InChI=1S/C13H23NO4/c1-16-13(15)12(11-2-6-17-7-3-11)10-14-4-8-18-9-5-14/h11-12H,2-10H2,1H3. The molecule has 2 fully saturated rings. The van der Waals surface area contributed by atoms with Gasteiger partial charge < -0.3 is 14.2 Å². The summed E-state index contributed by atoms with van der Waals surface area (Å²) < 4.78 is 15.7. The number of carbonyl (C=O) groups is 1. The van der Waals surface area contributed by atoms with Gasteiger partial charge in [0.2, 0.25) is 0 Å². The summed E-state index contributed by atoms with van der Waals surface area (Å²) >= 11 is 0. The van der Waals surface area contributed by atoms with Gasteiger partial charge in [0.05, 0.1) is 26.2 Å². The number of morpholine rings is 1. The molecule has 18 heavy (non-hydrogen) atoms. The molecule has 5 nitrogen and oxygen atoms in total. The van der Waals surface area contributed by atoms with Gasteiger partial charge >= 0.3 is 5.97 Å². The molecule has 0 radical (unpaired) electrons. The van der Waals surface area contributed by atoms with Crippen molar-refractivity contribution in [3.8, 4) is 0 Å². The van der Waals surface area contributed by atoms with Crippen LogP contribution in [0, 0.1) is 11.8 Å². The minimum Gasteiger partial charge on any atom is -0.469 e. The van der Waals surface area contributed by atoms with E-state index in [0.717, 1.165) is 58.9 Å². The maximum atomic E-state index is 12.0. The first-order chi connectivity index (χ1) is 8.81. The van der Waals surface area contributed by atoms with E-state index in [2.05, 4.69) is 4.90 Å². The molecule has 0 spiro atoms. The normalized spacial score (nSPS) is 24.7. The van der Waals surface area contributed by atoms with Crippen molar-refractivity contribution in [2.45, 2.75) is 12.8 Å². The van der Waals surface area contributed by atoms with Crippen molar-refractivity contribution in [3.63, 3.8) is 0 Å². The molecule has 0 saturated carbocycles. The van der Waals surface area contributed by atoms with Crippen LogP contribution in [0.1, 0.15) is 12.8 Å². The molecule has 0 aromatic carbocycles. The van der Waals surface area contributed by atoms with Crippen LogP contribution in [0.2, 0.25) is 0 Å². The Balaban J connectivity index is 1.92. The Bertz CT molecular complexity index is 260. The fourth-order valence-electron chi connectivity index (χ4n) is 2.75. The maximum Gasteiger partial charge on any atom is 0.310 e. The summed E-state index contributed by atoms with van der Waals surface area (Å²) in [6.45, 7) is 5.68. The highest BCUT2D eigenvalue weighted by Gasteiger charge is 2.32.